The van der Waals surface area contributed by atoms with Crippen LogP contribution in [0.25, 0.3) is 0 Å². The maximum Gasteiger partial charge on any atom is 0.302 e. The molecule has 3 nitrogen and oxygen atoms in total. The molecule has 0 aromatic rings. The molecule has 0 heterocycles. The first-order valence-electron chi connectivity index (χ1n) is 13.6. The molecule has 9 atom stereocenters. The van der Waals surface area contributed by atoms with E-state index < -0.39 is 0 Å². The van der Waals surface area contributed by atoms with Gasteiger partial charge in [0, 0.05) is 12.8 Å². The summed E-state index contributed by atoms with van der Waals surface area (Å²) < 4.78 is 5.53. The van der Waals surface area contributed by atoms with Gasteiger partial charge in [-0.15, -0.1) is 0 Å². The van der Waals surface area contributed by atoms with Gasteiger partial charge in [-0.05, 0) is 97.4 Å². The van der Waals surface area contributed by atoms with Crippen LogP contribution < -0.4 is 0 Å². The lowest BCUT2D eigenvalue weighted by Gasteiger charge is -2.57. The number of hydrogen-bond donors (Lipinski definition) is 0. The molecule has 3 heteroatoms. The minimum Gasteiger partial charge on any atom is -0.463 e. The Morgan fingerprint density at radius 2 is 1.64 bits per heavy atom. The Balaban J connectivity index is 1.56. The standard InChI is InChI=1S/C30H46O3/c1-18(2)19(3)8-9-20(4)24-10-11-25-23-17-28(32)27-16-22(33-21(5)31)12-14-30(27,7)26(23)13-15-29(24,25)6/h8-9,17-20,22,24-27H,10-16H2,1-7H3/b9-8+/t19-,20+,22-,24+,25-,26-,27-,29+,30+/m0/s1. The molecule has 3 saturated carbocycles. The van der Waals surface area contributed by atoms with Crippen molar-refractivity contribution in [3.05, 3.63) is 23.8 Å². The average molecular weight is 455 g/mol. The second-order valence-corrected chi connectivity index (χ2v) is 12.8. The van der Waals surface area contributed by atoms with E-state index in [1.165, 1.54) is 38.2 Å². The number of carbonyl (C=O) groups is 2. The Labute approximate surface area is 201 Å². The van der Waals surface area contributed by atoms with Gasteiger partial charge in [0.1, 0.15) is 6.10 Å². The Morgan fingerprint density at radius 3 is 2.30 bits per heavy atom. The number of allylic oxidation sites excluding steroid dienone is 4. The van der Waals surface area contributed by atoms with Gasteiger partial charge in [0.2, 0.25) is 0 Å². The smallest absolute Gasteiger partial charge is 0.302 e. The number of ether oxygens (including phenoxy) is 1. The lowest BCUT2D eigenvalue weighted by atomic mass is 9.47. The molecular weight excluding hydrogens is 408 g/mol. The average Bonchev–Trinajstić information content (AvgIpc) is 3.10. The minimum absolute atomic E-state index is 0.00489. The Morgan fingerprint density at radius 1 is 0.970 bits per heavy atom. The zero-order valence-electron chi connectivity index (χ0n) is 22.0. The predicted molar refractivity (Wildman–Crippen MR) is 133 cm³/mol. The third kappa shape index (κ3) is 4.27. The van der Waals surface area contributed by atoms with Crippen molar-refractivity contribution in [1.29, 1.82) is 0 Å². The topological polar surface area (TPSA) is 43.4 Å². The van der Waals surface area contributed by atoms with Crippen molar-refractivity contribution >= 4 is 11.8 Å². The molecule has 0 spiro atoms. The van der Waals surface area contributed by atoms with Crippen LogP contribution >= 0.6 is 0 Å². The lowest BCUT2D eigenvalue weighted by molar-refractivity contribution is -0.155. The van der Waals surface area contributed by atoms with E-state index in [-0.39, 0.29) is 23.4 Å². The van der Waals surface area contributed by atoms with Crippen LogP contribution in [0.3, 0.4) is 0 Å². The SMILES string of the molecule is CC(=O)O[C@H]1CC[C@@]2(C)[C@@H](C1)C(=O)C=C1[C@@H]2CC[C@]2(C)[C@@H]([C@H](C)/C=C/[C@H](C)C(C)C)CC[C@@H]12. The second-order valence-electron chi connectivity index (χ2n) is 12.8. The molecule has 0 bridgehead atoms. The monoisotopic (exact) mass is 454 g/mol. The predicted octanol–water partition coefficient (Wildman–Crippen LogP) is 7.16. The first kappa shape index (κ1) is 24.7. The van der Waals surface area contributed by atoms with Crippen molar-refractivity contribution in [2.75, 3.05) is 0 Å². The fourth-order valence-corrected chi connectivity index (χ4v) is 8.28. The Bertz CT molecular complexity index is 837. The summed E-state index contributed by atoms with van der Waals surface area (Å²) in [6, 6.07) is 0. The highest BCUT2D eigenvalue weighted by Crippen LogP contribution is 2.66. The van der Waals surface area contributed by atoms with Crippen LogP contribution in [0.15, 0.2) is 23.8 Å². The largest absolute Gasteiger partial charge is 0.463 e. The lowest BCUT2D eigenvalue weighted by Crippen LogP contribution is -2.52. The summed E-state index contributed by atoms with van der Waals surface area (Å²) >= 11 is 0. The third-order valence-corrected chi connectivity index (χ3v) is 10.7. The van der Waals surface area contributed by atoms with Crippen molar-refractivity contribution in [1.82, 2.24) is 0 Å². The zero-order valence-corrected chi connectivity index (χ0v) is 22.0. The van der Waals surface area contributed by atoms with Crippen molar-refractivity contribution in [2.24, 2.45) is 52.3 Å². The van der Waals surface area contributed by atoms with E-state index in [1.807, 2.05) is 0 Å². The van der Waals surface area contributed by atoms with Crippen molar-refractivity contribution in [2.45, 2.75) is 99.5 Å². The first-order valence-corrected chi connectivity index (χ1v) is 13.6. The quantitative estimate of drug-likeness (QED) is 0.327. The van der Waals surface area contributed by atoms with Crippen molar-refractivity contribution in [3.8, 4) is 0 Å². The molecule has 4 aliphatic rings. The zero-order chi connectivity index (χ0) is 24.1. The van der Waals surface area contributed by atoms with Gasteiger partial charge < -0.3 is 4.74 Å². The number of hydrogen-bond acceptors (Lipinski definition) is 3. The van der Waals surface area contributed by atoms with E-state index in [1.54, 1.807) is 0 Å². The number of rotatable bonds is 5. The van der Waals surface area contributed by atoms with Gasteiger partial charge in [0.25, 0.3) is 0 Å². The van der Waals surface area contributed by atoms with Gasteiger partial charge in [0.05, 0.1) is 0 Å². The molecule has 0 radical (unpaired) electrons. The molecule has 0 aliphatic heterocycles. The molecule has 0 unspecified atom stereocenters. The fraction of sp³-hybridized carbons (Fsp3) is 0.800. The molecule has 0 saturated heterocycles. The van der Waals surface area contributed by atoms with E-state index in [2.05, 4.69) is 59.8 Å². The first-order chi connectivity index (χ1) is 15.5. The minimum atomic E-state index is -0.223. The second kappa shape index (κ2) is 9.00. The molecule has 0 N–H and O–H groups in total. The summed E-state index contributed by atoms with van der Waals surface area (Å²) in [6.45, 7) is 15.7. The van der Waals surface area contributed by atoms with Crippen molar-refractivity contribution < 1.29 is 14.3 Å². The molecule has 184 valence electrons. The summed E-state index contributed by atoms with van der Waals surface area (Å²) in [4.78, 5) is 24.9. The summed E-state index contributed by atoms with van der Waals surface area (Å²) in [7, 11) is 0. The van der Waals surface area contributed by atoms with Gasteiger partial charge in [-0.25, -0.2) is 0 Å². The molecule has 4 rings (SSSR count). The normalized spacial score (nSPS) is 42.4. The van der Waals surface area contributed by atoms with Gasteiger partial charge in [-0.1, -0.05) is 59.3 Å². The van der Waals surface area contributed by atoms with Gasteiger partial charge in [-0.2, -0.15) is 0 Å². The van der Waals surface area contributed by atoms with Crippen LogP contribution in [0.1, 0.15) is 93.4 Å². The van der Waals surface area contributed by atoms with Crippen LogP contribution in [-0.2, 0) is 14.3 Å². The van der Waals surface area contributed by atoms with Gasteiger partial charge in [-0.3, -0.25) is 9.59 Å². The highest BCUT2D eigenvalue weighted by atomic mass is 16.5. The van der Waals surface area contributed by atoms with Crippen LogP contribution in [-0.4, -0.2) is 17.9 Å². The number of ketones is 1. The van der Waals surface area contributed by atoms with Crippen LogP contribution in [0.5, 0.6) is 0 Å². The number of carbonyl (C=O) groups excluding carboxylic acids is 2. The Hall–Kier alpha value is -1.38. The maximum atomic E-state index is 13.4. The summed E-state index contributed by atoms with van der Waals surface area (Å²) in [6.07, 6.45) is 14.5. The fourth-order valence-electron chi connectivity index (χ4n) is 8.28. The van der Waals surface area contributed by atoms with Gasteiger partial charge in [0.15, 0.2) is 5.78 Å². The highest BCUT2D eigenvalue weighted by Gasteiger charge is 2.59. The van der Waals surface area contributed by atoms with E-state index in [0.29, 0.717) is 53.1 Å². The summed E-state index contributed by atoms with van der Waals surface area (Å²) in [5.41, 5.74) is 1.80. The van der Waals surface area contributed by atoms with E-state index >= 15 is 0 Å². The van der Waals surface area contributed by atoms with E-state index in [9.17, 15) is 9.59 Å². The summed E-state index contributed by atoms with van der Waals surface area (Å²) in [5.74, 6) is 3.72. The number of esters is 1. The van der Waals surface area contributed by atoms with Crippen LogP contribution in [0.2, 0.25) is 0 Å². The van der Waals surface area contributed by atoms with Crippen LogP contribution in [0.4, 0.5) is 0 Å². The third-order valence-electron chi connectivity index (χ3n) is 10.7. The molecule has 33 heavy (non-hydrogen) atoms. The molecule has 0 amide bonds. The van der Waals surface area contributed by atoms with E-state index in [4.69, 9.17) is 4.74 Å². The van der Waals surface area contributed by atoms with E-state index in [0.717, 1.165) is 12.8 Å². The van der Waals surface area contributed by atoms with Gasteiger partial charge >= 0.3 is 5.97 Å². The molecular formula is C30H46O3. The number of fused-ring (bicyclic) bond motifs is 5. The maximum absolute atomic E-state index is 13.4. The van der Waals surface area contributed by atoms with Crippen molar-refractivity contribution in [3.63, 3.8) is 0 Å². The molecule has 4 aliphatic carbocycles. The highest BCUT2D eigenvalue weighted by molar-refractivity contribution is 5.94. The molecule has 0 aromatic heterocycles. The Kier molecular flexibility index (Phi) is 6.75. The summed E-state index contributed by atoms with van der Waals surface area (Å²) in [5, 5.41) is 0. The molecule has 0 aromatic carbocycles. The molecule has 3 fully saturated rings. The van der Waals surface area contributed by atoms with Crippen LogP contribution in [0, 0.1) is 52.3 Å².